The van der Waals surface area contributed by atoms with Crippen molar-refractivity contribution in [1.29, 1.82) is 0 Å². The van der Waals surface area contributed by atoms with Gasteiger partial charge in [-0.25, -0.2) is 0 Å². The van der Waals surface area contributed by atoms with E-state index in [1.165, 1.54) is 16.3 Å². The fraction of sp³-hybridized carbons (Fsp3) is 0.200. The van der Waals surface area contributed by atoms with E-state index in [0.717, 1.165) is 6.54 Å². The summed E-state index contributed by atoms with van der Waals surface area (Å²) in [6.07, 6.45) is 2.06. The summed E-state index contributed by atoms with van der Waals surface area (Å²) in [4.78, 5) is 1.88. The Labute approximate surface area is 111 Å². The third-order valence-corrected chi connectivity index (χ3v) is 3.29. The van der Waals surface area contributed by atoms with Crippen LogP contribution >= 0.6 is 15.9 Å². The van der Waals surface area contributed by atoms with E-state index in [9.17, 15) is 0 Å². The number of fused-ring (bicyclic) bond motifs is 1. The van der Waals surface area contributed by atoms with Gasteiger partial charge in [-0.1, -0.05) is 64.5 Å². The predicted octanol–water partition coefficient (Wildman–Crippen LogP) is 4.40. The summed E-state index contributed by atoms with van der Waals surface area (Å²) in [6, 6.07) is 15.3. The van der Waals surface area contributed by atoms with Gasteiger partial charge in [0.2, 0.25) is 0 Å². The first-order valence-electron chi connectivity index (χ1n) is 5.79. The second kappa shape index (κ2) is 5.99. The Morgan fingerprint density at radius 2 is 1.94 bits per heavy atom. The summed E-state index contributed by atoms with van der Waals surface area (Å²) < 4.78 is 0. The van der Waals surface area contributed by atoms with Crippen LogP contribution in [0.4, 0.5) is 0 Å². The SMILES string of the molecule is C[C@@H](NC/C=C\Br)c1cccc2ccccc12. The Bertz CT molecular complexity index is 514. The molecule has 17 heavy (non-hydrogen) atoms. The molecule has 0 radical (unpaired) electrons. The second-order valence-electron chi connectivity index (χ2n) is 4.06. The highest BCUT2D eigenvalue weighted by atomic mass is 79.9. The molecular formula is C15H16BrN. The Hall–Kier alpha value is -1.12. The molecule has 88 valence electrons. The molecule has 1 N–H and O–H groups in total. The van der Waals surface area contributed by atoms with Crippen molar-refractivity contribution < 1.29 is 0 Å². The molecule has 2 rings (SSSR count). The maximum atomic E-state index is 3.48. The topological polar surface area (TPSA) is 12.0 Å². The maximum Gasteiger partial charge on any atom is 0.0300 e. The zero-order valence-electron chi connectivity index (χ0n) is 9.86. The standard InChI is InChI=1S/C15H16BrN/c1-12(17-11-5-10-16)14-9-4-7-13-6-2-3-8-15(13)14/h2-10,12,17H,11H2,1H3/b10-5-/t12-/m1/s1. The summed E-state index contributed by atoms with van der Waals surface area (Å²) in [5, 5.41) is 6.11. The maximum absolute atomic E-state index is 3.48. The summed E-state index contributed by atoms with van der Waals surface area (Å²) >= 11 is 3.27. The first-order chi connectivity index (χ1) is 8.33. The third kappa shape index (κ3) is 2.96. The van der Waals surface area contributed by atoms with Crippen molar-refractivity contribution >= 4 is 26.7 Å². The Morgan fingerprint density at radius 1 is 1.18 bits per heavy atom. The third-order valence-electron chi connectivity index (χ3n) is 2.92. The van der Waals surface area contributed by atoms with Crippen LogP contribution in [0.15, 0.2) is 53.5 Å². The highest BCUT2D eigenvalue weighted by Crippen LogP contribution is 2.23. The molecule has 2 aromatic carbocycles. The number of benzene rings is 2. The smallest absolute Gasteiger partial charge is 0.0300 e. The van der Waals surface area contributed by atoms with Gasteiger partial charge in [-0.05, 0) is 28.2 Å². The number of halogens is 1. The van der Waals surface area contributed by atoms with Crippen LogP contribution in [0.25, 0.3) is 10.8 Å². The predicted molar refractivity (Wildman–Crippen MR) is 78.4 cm³/mol. The lowest BCUT2D eigenvalue weighted by Crippen LogP contribution is -2.18. The molecule has 0 amide bonds. The molecule has 1 nitrogen and oxygen atoms in total. The van der Waals surface area contributed by atoms with E-state index < -0.39 is 0 Å². The van der Waals surface area contributed by atoms with Crippen molar-refractivity contribution in [3.63, 3.8) is 0 Å². The Kier molecular flexibility index (Phi) is 4.35. The fourth-order valence-corrected chi connectivity index (χ4v) is 2.21. The van der Waals surface area contributed by atoms with Crippen molar-refractivity contribution in [2.24, 2.45) is 0 Å². The molecule has 0 aliphatic heterocycles. The average Bonchev–Trinajstić information content (AvgIpc) is 2.38. The lowest BCUT2D eigenvalue weighted by Gasteiger charge is -2.15. The highest BCUT2D eigenvalue weighted by molar-refractivity contribution is 9.11. The number of hydrogen-bond acceptors (Lipinski definition) is 1. The van der Waals surface area contributed by atoms with Gasteiger partial charge in [0.15, 0.2) is 0 Å². The van der Waals surface area contributed by atoms with Crippen molar-refractivity contribution in [1.82, 2.24) is 5.32 Å². The van der Waals surface area contributed by atoms with Gasteiger partial charge in [0.25, 0.3) is 0 Å². The highest BCUT2D eigenvalue weighted by Gasteiger charge is 2.07. The summed E-state index contributed by atoms with van der Waals surface area (Å²) in [6.45, 7) is 3.07. The van der Waals surface area contributed by atoms with E-state index in [2.05, 4.69) is 76.7 Å². The molecule has 0 fully saturated rings. The number of rotatable bonds is 4. The monoisotopic (exact) mass is 289 g/mol. The minimum atomic E-state index is 0.352. The molecule has 0 bridgehead atoms. The van der Waals surface area contributed by atoms with Crippen LogP contribution in [0.2, 0.25) is 0 Å². The van der Waals surface area contributed by atoms with E-state index in [1.54, 1.807) is 0 Å². The molecule has 0 aliphatic carbocycles. The summed E-state index contributed by atoms with van der Waals surface area (Å²) in [5.41, 5.74) is 1.35. The molecular weight excluding hydrogens is 274 g/mol. The zero-order valence-corrected chi connectivity index (χ0v) is 11.4. The van der Waals surface area contributed by atoms with E-state index in [1.807, 2.05) is 4.99 Å². The van der Waals surface area contributed by atoms with Gasteiger partial charge in [0.1, 0.15) is 0 Å². The van der Waals surface area contributed by atoms with Crippen LogP contribution in [-0.4, -0.2) is 6.54 Å². The van der Waals surface area contributed by atoms with Gasteiger partial charge in [-0.2, -0.15) is 0 Å². The van der Waals surface area contributed by atoms with Gasteiger partial charge in [0, 0.05) is 12.6 Å². The van der Waals surface area contributed by atoms with Crippen molar-refractivity contribution in [3.05, 3.63) is 59.1 Å². The quantitative estimate of drug-likeness (QED) is 0.880. The molecule has 0 saturated heterocycles. The van der Waals surface area contributed by atoms with Crippen LogP contribution < -0.4 is 5.32 Å². The van der Waals surface area contributed by atoms with E-state index in [4.69, 9.17) is 0 Å². The summed E-state index contributed by atoms with van der Waals surface area (Å²) in [7, 11) is 0. The first-order valence-corrected chi connectivity index (χ1v) is 6.71. The molecule has 2 heteroatoms. The Balaban J connectivity index is 2.28. The van der Waals surface area contributed by atoms with Gasteiger partial charge in [0.05, 0.1) is 0 Å². The largest absolute Gasteiger partial charge is 0.307 e. The molecule has 0 aromatic heterocycles. The van der Waals surface area contributed by atoms with Crippen molar-refractivity contribution in [2.75, 3.05) is 6.54 Å². The number of hydrogen-bond donors (Lipinski definition) is 1. The minimum absolute atomic E-state index is 0.352. The van der Waals surface area contributed by atoms with Gasteiger partial charge < -0.3 is 5.32 Å². The van der Waals surface area contributed by atoms with Crippen molar-refractivity contribution in [2.45, 2.75) is 13.0 Å². The Morgan fingerprint density at radius 3 is 2.76 bits per heavy atom. The molecule has 1 atom stereocenters. The summed E-state index contributed by atoms with van der Waals surface area (Å²) in [5.74, 6) is 0. The molecule has 0 spiro atoms. The van der Waals surface area contributed by atoms with Gasteiger partial charge in [-0.15, -0.1) is 0 Å². The molecule has 0 unspecified atom stereocenters. The molecule has 0 aliphatic rings. The van der Waals surface area contributed by atoms with Crippen molar-refractivity contribution in [3.8, 4) is 0 Å². The van der Waals surface area contributed by atoms with Gasteiger partial charge in [-0.3, -0.25) is 0 Å². The second-order valence-corrected chi connectivity index (χ2v) is 4.59. The van der Waals surface area contributed by atoms with Crippen LogP contribution in [0.3, 0.4) is 0 Å². The molecule has 0 heterocycles. The van der Waals surface area contributed by atoms with E-state index >= 15 is 0 Å². The molecule has 0 saturated carbocycles. The lowest BCUT2D eigenvalue weighted by molar-refractivity contribution is 0.622. The van der Waals surface area contributed by atoms with Crippen LogP contribution in [0, 0.1) is 0 Å². The normalized spacial score (nSPS) is 13.3. The molecule has 2 aromatic rings. The van der Waals surface area contributed by atoms with Crippen LogP contribution in [0.5, 0.6) is 0 Å². The van der Waals surface area contributed by atoms with Gasteiger partial charge >= 0.3 is 0 Å². The lowest BCUT2D eigenvalue weighted by atomic mass is 10.00. The van der Waals surface area contributed by atoms with E-state index in [-0.39, 0.29) is 0 Å². The minimum Gasteiger partial charge on any atom is -0.307 e. The van der Waals surface area contributed by atoms with Crippen LogP contribution in [-0.2, 0) is 0 Å². The fourth-order valence-electron chi connectivity index (χ4n) is 2.03. The average molecular weight is 290 g/mol. The van der Waals surface area contributed by atoms with E-state index in [0.29, 0.717) is 6.04 Å². The number of nitrogens with one attached hydrogen (secondary N) is 1. The zero-order chi connectivity index (χ0) is 12.1. The first kappa shape index (κ1) is 12.3. The van der Waals surface area contributed by atoms with Crippen LogP contribution in [0.1, 0.15) is 18.5 Å².